The van der Waals surface area contributed by atoms with E-state index in [4.69, 9.17) is 5.10 Å². The summed E-state index contributed by atoms with van der Waals surface area (Å²) in [5.74, 6) is 0.881. The van der Waals surface area contributed by atoms with Crippen LogP contribution < -0.4 is 5.32 Å². The fraction of sp³-hybridized carbons (Fsp3) is 0.696. The number of aromatic nitrogens is 1. The molecular formula is C23H34N4O. The van der Waals surface area contributed by atoms with Crippen molar-refractivity contribution in [3.63, 3.8) is 0 Å². The van der Waals surface area contributed by atoms with Gasteiger partial charge in [-0.05, 0) is 60.5 Å². The van der Waals surface area contributed by atoms with Crippen molar-refractivity contribution in [2.45, 2.75) is 78.2 Å². The zero-order valence-corrected chi connectivity index (χ0v) is 17.7. The van der Waals surface area contributed by atoms with Crippen LogP contribution in [0.2, 0.25) is 0 Å². The van der Waals surface area contributed by atoms with Gasteiger partial charge < -0.3 is 5.32 Å². The second-order valence-electron chi connectivity index (χ2n) is 9.73. The zero-order valence-electron chi connectivity index (χ0n) is 17.7. The van der Waals surface area contributed by atoms with Crippen molar-refractivity contribution < 1.29 is 4.79 Å². The molecule has 152 valence electrons. The second kappa shape index (κ2) is 7.16. The summed E-state index contributed by atoms with van der Waals surface area (Å²) in [5, 5.41) is 9.79. The Morgan fingerprint density at radius 1 is 1.36 bits per heavy atom. The molecule has 2 bridgehead atoms. The van der Waals surface area contributed by atoms with Gasteiger partial charge in [-0.1, -0.05) is 40.2 Å². The quantitative estimate of drug-likeness (QED) is 0.783. The Balaban J connectivity index is 1.48. The first-order valence-corrected chi connectivity index (χ1v) is 10.9. The minimum absolute atomic E-state index is 0.0324. The molecule has 0 spiro atoms. The Hall–Kier alpha value is -1.91. The summed E-state index contributed by atoms with van der Waals surface area (Å²) in [5.41, 5.74) is 2.75. The molecule has 2 fully saturated rings. The van der Waals surface area contributed by atoms with E-state index in [0.717, 1.165) is 37.0 Å². The van der Waals surface area contributed by atoms with Gasteiger partial charge in [-0.2, -0.15) is 5.10 Å². The van der Waals surface area contributed by atoms with Gasteiger partial charge in [0.1, 0.15) is 0 Å². The minimum Gasteiger partial charge on any atom is -0.333 e. The van der Waals surface area contributed by atoms with Gasteiger partial charge in [0.15, 0.2) is 0 Å². The molecular weight excluding hydrogens is 348 g/mol. The Labute approximate surface area is 169 Å². The van der Waals surface area contributed by atoms with Crippen LogP contribution in [0.5, 0.6) is 0 Å². The van der Waals surface area contributed by atoms with E-state index in [2.05, 4.69) is 44.1 Å². The molecule has 1 unspecified atom stereocenters. The summed E-state index contributed by atoms with van der Waals surface area (Å²) in [6.45, 7) is 9.94. The molecule has 0 radical (unpaired) electrons. The number of carbonyl (C=O) groups is 1. The lowest BCUT2D eigenvalue weighted by molar-refractivity contribution is 0.118. The normalized spacial score (nSPS) is 33.2. The Bertz CT molecular complexity index is 759. The molecule has 28 heavy (non-hydrogen) atoms. The number of rotatable bonds is 5. The van der Waals surface area contributed by atoms with Gasteiger partial charge in [0.2, 0.25) is 0 Å². The molecule has 4 rings (SSSR count). The van der Waals surface area contributed by atoms with Gasteiger partial charge in [0.25, 0.3) is 0 Å². The van der Waals surface area contributed by atoms with Gasteiger partial charge in [0.05, 0.1) is 6.54 Å². The molecule has 1 N–H and O–H groups in total. The number of nitrogens with zero attached hydrogens (tertiary/aromatic N) is 3. The van der Waals surface area contributed by atoms with Crippen LogP contribution in [0.15, 0.2) is 29.6 Å². The van der Waals surface area contributed by atoms with Crippen LogP contribution in [0.3, 0.4) is 0 Å². The topological polar surface area (TPSA) is 57.6 Å². The second-order valence-corrected chi connectivity index (χ2v) is 9.73. The lowest BCUT2D eigenvalue weighted by Gasteiger charge is -2.39. The van der Waals surface area contributed by atoms with Crippen LogP contribution in [0.25, 0.3) is 0 Å². The van der Waals surface area contributed by atoms with E-state index < -0.39 is 0 Å². The van der Waals surface area contributed by atoms with Crippen molar-refractivity contribution in [2.75, 3.05) is 6.54 Å². The molecule has 2 heterocycles. The number of urea groups is 1. The third kappa shape index (κ3) is 3.03. The summed E-state index contributed by atoms with van der Waals surface area (Å²) in [6.07, 6.45) is 10.5. The number of pyridine rings is 1. The van der Waals surface area contributed by atoms with E-state index in [1.807, 2.05) is 12.3 Å². The number of carbonyl (C=O) groups excluding carboxylic acids is 1. The first-order valence-electron chi connectivity index (χ1n) is 10.9. The van der Waals surface area contributed by atoms with Gasteiger partial charge >= 0.3 is 6.03 Å². The number of hydrazone groups is 1. The number of nitrogens with one attached hydrogen (secondary N) is 1. The van der Waals surface area contributed by atoms with Crippen LogP contribution in [-0.4, -0.2) is 34.3 Å². The predicted molar refractivity (Wildman–Crippen MR) is 112 cm³/mol. The number of unbranched alkanes of at least 4 members (excludes halogenated alkanes) is 1. The average molecular weight is 383 g/mol. The highest BCUT2D eigenvalue weighted by Crippen LogP contribution is 2.65. The minimum atomic E-state index is -0.0324. The number of hydrogen-bond donors (Lipinski definition) is 1. The highest BCUT2D eigenvalue weighted by molar-refractivity contribution is 5.94. The standard InChI is InChI=1S/C23H34N4O/c1-5-6-9-19-18(16-8-7-12-24-14-16)15-27(26-19)21(28)25-20-13-17-10-11-23(20,4)22(17,2)3/h7-8,12,14,17-18,20H,5-6,9-11,13,15H2,1-4H3,(H,25,28)/t17-,18?,20+,23+/m1/s1. The third-order valence-corrected chi connectivity index (χ3v) is 8.21. The Morgan fingerprint density at radius 3 is 2.79 bits per heavy atom. The van der Waals surface area contributed by atoms with Crippen molar-refractivity contribution >= 4 is 11.7 Å². The summed E-state index contributed by atoms with van der Waals surface area (Å²) in [7, 11) is 0. The Morgan fingerprint density at radius 2 is 2.18 bits per heavy atom. The van der Waals surface area contributed by atoms with Crippen LogP contribution in [0.4, 0.5) is 4.79 Å². The van der Waals surface area contributed by atoms with Crippen molar-refractivity contribution in [3.8, 4) is 0 Å². The van der Waals surface area contributed by atoms with E-state index in [-0.39, 0.29) is 23.4 Å². The van der Waals surface area contributed by atoms with Gasteiger partial charge in [-0.15, -0.1) is 0 Å². The van der Waals surface area contributed by atoms with E-state index in [9.17, 15) is 4.79 Å². The summed E-state index contributed by atoms with van der Waals surface area (Å²) < 4.78 is 0. The van der Waals surface area contributed by atoms with E-state index in [1.165, 1.54) is 12.8 Å². The van der Waals surface area contributed by atoms with E-state index >= 15 is 0 Å². The van der Waals surface area contributed by atoms with Crippen LogP contribution in [0, 0.1) is 16.7 Å². The average Bonchev–Trinajstić information content (AvgIpc) is 3.27. The molecule has 4 atom stereocenters. The SMILES string of the molecule is CCCCC1=NN(C(=O)N[C@H]2C[C@H]3CC[C@]2(C)C3(C)C)CC1c1cccnc1. The molecule has 0 saturated heterocycles. The highest BCUT2D eigenvalue weighted by atomic mass is 16.2. The monoisotopic (exact) mass is 382 g/mol. The lowest BCUT2D eigenvalue weighted by Crippen LogP contribution is -2.50. The number of hydrogen-bond acceptors (Lipinski definition) is 3. The molecule has 0 aromatic carbocycles. The van der Waals surface area contributed by atoms with Crippen molar-refractivity contribution in [1.29, 1.82) is 0 Å². The molecule has 1 aromatic rings. The van der Waals surface area contributed by atoms with Gasteiger partial charge in [0, 0.05) is 30.1 Å². The van der Waals surface area contributed by atoms with Crippen LogP contribution in [-0.2, 0) is 0 Å². The van der Waals surface area contributed by atoms with E-state index in [1.54, 1.807) is 11.2 Å². The summed E-state index contributed by atoms with van der Waals surface area (Å²) >= 11 is 0. The van der Waals surface area contributed by atoms with Crippen molar-refractivity contribution in [2.24, 2.45) is 21.8 Å². The fourth-order valence-electron chi connectivity index (χ4n) is 5.78. The number of amides is 2. The molecule has 5 nitrogen and oxygen atoms in total. The van der Waals surface area contributed by atoms with Crippen molar-refractivity contribution in [3.05, 3.63) is 30.1 Å². The molecule has 2 saturated carbocycles. The van der Waals surface area contributed by atoms with E-state index in [0.29, 0.717) is 17.9 Å². The largest absolute Gasteiger partial charge is 0.338 e. The van der Waals surface area contributed by atoms with Crippen LogP contribution in [0.1, 0.15) is 77.7 Å². The third-order valence-electron chi connectivity index (χ3n) is 8.21. The van der Waals surface area contributed by atoms with Gasteiger partial charge in [-0.3, -0.25) is 4.98 Å². The summed E-state index contributed by atoms with van der Waals surface area (Å²) in [4.78, 5) is 17.4. The smallest absolute Gasteiger partial charge is 0.333 e. The number of fused-ring (bicyclic) bond motifs is 2. The predicted octanol–water partition coefficient (Wildman–Crippen LogP) is 4.95. The molecule has 5 heteroatoms. The maximum Gasteiger partial charge on any atom is 0.338 e. The summed E-state index contributed by atoms with van der Waals surface area (Å²) in [6, 6.07) is 4.28. The highest BCUT2D eigenvalue weighted by Gasteiger charge is 2.61. The lowest BCUT2D eigenvalue weighted by atomic mass is 9.69. The molecule has 2 amide bonds. The Kier molecular flexibility index (Phi) is 4.96. The van der Waals surface area contributed by atoms with Gasteiger partial charge in [-0.25, -0.2) is 9.80 Å². The zero-order chi connectivity index (χ0) is 19.9. The maximum atomic E-state index is 13.1. The molecule has 3 aliphatic rings. The fourth-order valence-corrected chi connectivity index (χ4v) is 5.78. The molecule has 1 aliphatic heterocycles. The first-order chi connectivity index (χ1) is 13.4. The van der Waals surface area contributed by atoms with Crippen LogP contribution >= 0.6 is 0 Å². The first kappa shape index (κ1) is 19.4. The molecule has 1 aromatic heterocycles. The molecule has 2 aliphatic carbocycles. The maximum absolute atomic E-state index is 13.1. The van der Waals surface area contributed by atoms with Crippen molar-refractivity contribution in [1.82, 2.24) is 15.3 Å².